The number of ether oxygens (including phenoxy) is 2. The van der Waals surface area contributed by atoms with Gasteiger partial charge in [0.05, 0.1) is 37.4 Å². The van der Waals surface area contributed by atoms with Crippen molar-refractivity contribution in [1.29, 1.82) is 0 Å². The summed E-state index contributed by atoms with van der Waals surface area (Å²) < 4.78 is 10.7. The van der Waals surface area contributed by atoms with E-state index in [9.17, 15) is 4.79 Å². The molecular weight excluding hydrogens is 330 g/mol. The third-order valence-electron chi connectivity index (χ3n) is 4.30. The molecule has 0 atom stereocenters. The molecule has 0 unspecified atom stereocenters. The highest BCUT2D eigenvalue weighted by molar-refractivity contribution is 5.92. The second-order valence-electron chi connectivity index (χ2n) is 6.04. The summed E-state index contributed by atoms with van der Waals surface area (Å²) in [5.74, 6) is 0.609. The number of rotatable bonds is 7. The molecule has 0 aromatic heterocycles. The highest BCUT2D eigenvalue weighted by Gasteiger charge is 2.14. The molecule has 138 valence electrons. The Bertz CT molecular complexity index is 730. The number of carbonyl (C=O) groups is 1. The van der Waals surface area contributed by atoms with Crippen LogP contribution in [0.5, 0.6) is 5.75 Å². The third kappa shape index (κ3) is 4.67. The highest BCUT2D eigenvalue weighted by atomic mass is 16.5. The maximum atomic E-state index is 12.2. The molecule has 1 fully saturated rings. The molecule has 1 heterocycles. The molecule has 0 aliphatic carbocycles. The summed E-state index contributed by atoms with van der Waals surface area (Å²) in [6.45, 7) is 3.81. The molecule has 1 aliphatic heterocycles. The van der Waals surface area contributed by atoms with Crippen LogP contribution in [0.2, 0.25) is 0 Å². The zero-order valence-electron chi connectivity index (χ0n) is 15.0. The van der Waals surface area contributed by atoms with Gasteiger partial charge in [-0.25, -0.2) is 0 Å². The van der Waals surface area contributed by atoms with Gasteiger partial charge in [-0.1, -0.05) is 24.3 Å². The van der Waals surface area contributed by atoms with Gasteiger partial charge >= 0.3 is 0 Å². The predicted octanol–water partition coefficient (Wildman–Crippen LogP) is 2.97. The van der Waals surface area contributed by atoms with Crippen LogP contribution < -0.4 is 20.3 Å². The van der Waals surface area contributed by atoms with Gasteiger partial charge in [-0.3, -0.25) is 4.79 Å². The van der Waals surface area contributed by atoms with Crippen molar-refractivity contribution in [3.05, 3.63) is 48.5 Å². The van der Waals surface area contributed by atoms with E-state index >= 15 is 0 Å². The number of benzene rings is 2. The number of para-hydroxylation sites is 4. The Balaban J connectivity index is 1.54. The lowest BCUT2D eigenvalue weighted by atomic mass is 10.2. The average Bonchev–Trinajstić information content (AvgIpc) is 2.69. The summed E-state index contributed by atoms with van der Waals surface area (Å²) >= 11 is 0. The van der Waals surface area contributed by atoms with Gasteiger partial charge < -0.3 is 25.0 Å². The first-order chi connectivity index (χ1) is 12.8. The van der Waals surface area contributed by atoms with Crippen LogP contribution in [-0.2, 0) is 9.53 Å². The molecule has 6 heteroatoms. The summed E-state index contributed by atoms with van der Waals surface area (Å²) in [6.07, 6.45) is 0.371. The van der Waals surface area contributed by atoms with Crippen LogP contribution in [0.1, 0.15) is 6.42 Å². The normalized spacial score (nSPS) is 14.0. The Hall–Kier alpha value is -2.73. The number of anilines is 3. The van der Waals surface area contributed by atoms with E-state index in [4.69, 9.17) is 9.47 Å². The van der Waals surface area contributed by atoms with Crippen LogP contribution in [0.25, 0.3) is 0 Å². The minimum absolute atomic E-state index is 0.0501. The monoisotopic (exact) mass is 355 g/mol. The van der Waals surface area contributed by atoms with Crippen LogP contribution >= 0.6 is 0 Å². The molecule has 6 nitrogen and oxygen atoms in total. The first kappa shape index (κ1) is 18.1. The molecule has 26 heavy (non-hydrogen) atoms. The van der Waals surface area contributed by atoms with Crippen LogP contribution in [0.15, 0.2) is 48.5 Å². The van der Waals surface area contributed by atoms with Crippen molar-refractivity contribution in [2.75, 3.05) is 55.5 Å². The summed E-state index contributed by atoms with van der Waals surface area (Å²) in [5.41, 5.74) is 2.88. The van der Waals surface area contributed by atoms with E-state index in [1.54, 1.807) is 7.11 Å². The molecule has 2 N–H and O–H groups in total. The summed E-state index contributed by atoms with van der Waals surface area (Å²) in [6, 6.07) is 15.6. The molecular formula is C20H25N3O3. The molecule has 1 amide bonds. The second-order valence-corrected chi connectivity index (χ2v) is 6.04. The van der Waals surface area contributed by atoms with Crippen LogP contribution in [0.3, 0.4) is 0 Å². The van der Waals surface area contributed by atoms with Crippen LogP contribution in [0, 0.1) is 0 Å². The molecule has 0 bridgehead atoms. The lowest BCUT2D eigenvalue weighted by Crippen LogP contribution is -2.36. The summed E-state index contributed by atoms with van der Waals surface area (Å²) in [4.78, 5) is 14.5. The fraction of sp³-hybridized carbons (Fsp3) is 0.350. The molecule has 1 aliphatic rings. The molecule has 1 saturated heterocycles. The van der Waals surface area contributed by atoms with Crippen molar-refractivity contribution in [3.8, 4) is 5.75 Å². The lowest BCUT2D eigenvalue weighted by molar-refractivity contribution is -0.116. The zero-order chi connectivity index (χ0) is 18.2. The van der Waals surface area contributed by atoms with E-state index in [0.29, 0.717) is 24.4 Å². The Labute approximate surface area is 154 Å². The maximum Gasteiger partial charge on any atom is 0.226 e. The van der Waals surface area contributed by atoms with E-state index in [-0.39, 0.29) is 5.91 Å². The summed E-state index contributed by atoms with van der Waals surface area (Å²) in [5, 5.41) is 6.28. The minimum Gasteiger partial charge on any atom is -0.495 e. The Kier molecular flexibility index (Phi) is 6.33. The fourth-order valence-electron chi connectivity index (χ4n) is 2.97. The predicted molar refractivity (Wildman–Crippen MR) is 104 cm³/mol. The smallest absolute Gasteiger partial charge is 0.226 e. The largest absolute Gasteiger partial charge is 0.495 e. The standard InChI is InChI=1S/C20H25N3O3/c1-25-19-9-5-3-7-17(19)22-20(24)10-11-21-16-6-2-4-8-18(16)23-12-14-26-15-13-23/h2-9,21H,10-15H2,1H3,(H,22,24). The SMILES string of the molecule is COc1ccccc1NC(=O)CCNc1ccccc1N1CCOCC1. The minimum atomic E-state index is -0.0501. The highest BCUT2D eigenvalue weighted by Crippen LogP contribution is 2.26. The quantitative estimate of drug-likeness (QED) is 0.799. The Morgan fingerprint density at radius 3 is 2.54 bits per heavy atom. The van der Waals surface area contributed by atoms with E-state index in [0.717, 1.165) is 37.7 Å². The van der Waals surface area contributed by atoms with Crippen LogP contribution in [0.4, 0.5) is 17.1 Å². The number of morpholine rings is 1. The molecule has 0 radical (unpaired) electrons. The van der Waals surface area contributed by atoms with Gasteiger partial charge in [-0.15, -0.1) is 0 Å². The van der Waals surface area contributed by atoms with Crippen molar-refractivity contribution < 1.29 is 14.3 Å². The van der Waals surface area contributed by atoms with Gasteiger partial charge in [-0.05, 0) is 24.3 Å². The van der Waals surface area contributed by atoms with Gasteiger partial charge in [0.1, 0.15) is 5.75 Å². The first-order valence-electron chi connectivity index (χ1n) is 8.86. The number of hydrogen-bond acceptors (Lipinski definition) is 5. The van der Waals surface area contributed by atoms with Gasteiger partial charge in [0.15, 0.2) is 0 Å². The summed E-state index contributed by atoms with van der Waals surface area (Å²) in [7, 11) is 1.59. The first-order valence-corrected chi connectivity index (χ1v) is 8.86. The number of methoxy groups -OCH3 is 1. The van der Waals surface area contributed by atoms with Crippen molar-refractivity contribution >= 4 is 23.0 Å². The second kappa shape index (κ2) is 9.10. The number of nitrogens with zero attached hydrogens (tertiary/aromatic N) is 1. The molecule has 2 aromatic rings. The van der Waals surface area contributed by atoms with E-state index in [2.05, 4.69) is 21.6 Å². The van der Waals surface area contributed by atoms with E-state index in [1.165, 1.54) is 0 Å². The van der Waals surface area contributed by atoms with Gasteiger partial charge in [-0.2, -0.15) is 0 Å². The molecule has 0 spiro atoms. The van der Waals surface area contributed by atoms with E-state index < -0.39 is 0 Å². The number of hydrogen-bond donors (Lipinski definition) is 2. The third-order valence-corrected chi connectivity index (χ3v) is 4.30. The number of amides is 1. The van der Waals surface area contributed by atoms with Gasteiger partial charge in [0.25, 0.3) is 0 Å². The van der Waals surface area contributed by atoms with Gasteiger partial charge in [0, 0.05) is 26.1 Å². The maximum absolute atomic E-state index is 12.2. The van der Waals surface area contributed by atoms with Crippen LogP contribution in [-0.4, -0.2) is 45.9 Å². The Morgan fingerprint density at radius 1 is 1.08 bits per heavy atom. The lowest BCUT2D eigenvalue weighted by Gasteiger charge is -2.30. The molecule has 3 rings (SSSR count). The van der Waals surface area contributed by atoms with Crippen molar-refractivity contribution in [2.45, 2.75) is 6.42 Å². The number of nitrogens with one attached hydrogen (secondary N) is 2. The molecule has 2 aromatic carbocycles. The van der Waals surface area contributed by atoms with Crippen molar-refractivity contribution in [1.82, 2.24) is 0 Å². The van der Waals surface area contributed by atoms with E-state index in [1.807, 2.05) is 42.5 Å². The topological polar surface area (TPSA) is 62.8 Å². The fourth-order valence-corrected chi connectivity index (χ4v) is 2.97. The molecule has 0 saturated carbocycles. The van der Waals surface area contributed by atoms with Crippen molar-refractivity contribution in [2.24, 2.45) is 0 Å². The average molecular weight is 355 g/mol. The Morgan fingerprint density at radius 2 is 1.77 bits per heavy atom. The number of carbonyl (C=O) groups excluding carboxylic acids is 1. The van der Waals surface area contributed by atoms with Crippen molar-refractivity contribution in [3.63, 3.8) is 0 Å². The van der Waals surface area contributed by atoms with Gasteiger partial charge in [0.2, 0.25) is 5.91 Å². The zero-order valence-corrected chi connectivity index (χ0v) is 15.0.